The largest absolute Gasteiger partial charge is 0.359 e. The SMILES string of the molecule is Cc1nnc2n1[C@H](Cc1ccccc1)CN(C(=O)c1ccc3c(n1)N(C)CC3)C2. The molecule has 29 heavy (non-hydrogen) atoms. The lowest BCUT2D eigenvalue weighted by molar-refractivity contribution is 0.0666. The van der Waals surface area contributed by atoms with Gasteiger partial charge in [0.25, 0.3) is 5.91 Å². The van der Waals surface area contributed by atoms with Crippen molar-refractivity contribution < 1.29 is 4.79 Å². The molecule has 0 fully saturated rings. The highest BCUT2D eigenvalue weighted by Crippen LogP contribution is 2.28. The van der Waals surface area contributed by atoms with E-state index >= 15 is 0 Å². The van der Waals surface area contributed by atoms with E-state index < -0.39 is 0 Å². The monoisotopic (exact) mass is 388 g/mol. The zero-order chi connectivity index (χ0) is 20.0. The second kappa shape index (κ2) is 6.99. The lowest BCUT2D eigenvalue weighted by atomic mass is 10.0. The average Bonchev–Trinajstić information content (AvgIpc) is 3.31. The molecule has 5 rings (SSSR count). The molecule has 2 aliphatic rings. The Morgan fingerprint density at radius 2 is 1.97 bits per heavy atom. The number of amides is 1. The van der Waals surface area contributed by atoms with Crippen molar-refractivity contribution in [2.45, 2.75) is 32.4 Å². The normalized spacial score (nSPS) is 17.9. The summed E-state index contributed by atoms with van der Waals surface area (Å²) >= 11 is 0. The summed E-state index contributed by atoms with van der Waals surface area (Å²) in [5.41, 5.74) is 2.95. The first-order valence-electron chi connectivity index (χ1n) is 10.0. The summed E-state index contributed by atoms with van der Waals surface area (Å²) in [7, 11) is 2.02. The van der Waals surface area contributed by atoms with Crippen LogP contribution in [0, 0.1) is 6.92 Å². The molecular weight excluding hydrogens is 364 g/mol. The lowest BCUT2D eigenvalue weighted by Crippen LogP contribution is -2.42. The molecule has 7 nitrogen and oxygen atoms in total. The van der Waals surface area contributed by atoms with Crippen molar-refractivity contribution in [2.75, 3.05) is 25.0 Å². The van der Waals surface area contributed by atoms with E-state index in [0.717, 1.165) is 36.9 Å². The number of likely N-dealkylation sites (N-methyl/N-ethyl adjacent to an activating group) is 1. The van der Waals surface area contributed by atoms with E-state index in [-0.39, 0.29) is 11.9 Å². The number of hydrogen-bond donors (Lipinski definition) is 0. The maximum atomic E-state index is 13.3. The van der Waals surface area contributed by atoms with Crippen LogP contribution in [0.5, 0.6) is 0 Å². The topological polar surface area (TPSA) is 67.2 Å². The third-order valence-electron chi connectivity index (χ3n) is 5.92. The van der Waals surface area contributed by atoms with E-state index in [2.05, 4.69) is 36.8 Å². The predicted molar refractivity (Wildman–Crippen MR) is 110 cm³/mol. The van der Waals surface area contributed by atoms with E-state index in [1.165, 1.54) is 11.1 Å². The molecule has 1 aromatic carbocycles. The molecule has 0 radical (unpaired) electrons. The Bertz CT molecular complexity index is 1060. The van der Waals surface area contributed by atoms with Gasteiger partial charge >= 0.3 is 0 Å². The van der Waals surface area contributed by atoms with E-state index in [1.54, 1.807) is 0 Å². The highest BCUT2D eigenvalue weighted by Gasteiger charge is 2.32. The molecule has 4 heterocycles. The summed E-state index contributed by atoms with van der Waals surface area (Å²) in [4.78, 5) is 22.0. The van der Waals surface area contributed by atoms with Crippen molar-refractivity contribution >= 4 is 11.7 Å². The van der Waals surface area contributed by atoms with Crippen LogP contribution in [0.3, 0.4) is 0 Å². The fourth-order valence-electron chi connectivity index (χ4n) is 4.44. The fourth-order valence-corrected chi connectivity index (χ4v) is 4.44. The third-order valence-corrected chi connectivity index (χ3v) is 5.92. The maximum absolute atomic E-state index is 13.3. The van der Waals surface area contributed by atoms with Crippen molar-refractivity contribution in [2.24, 2.45) is 0 Å². The minimum Gasteiger partial charge on any atom is -0.359 e. The summed E-state index contributed by atoms with van der Waals surface area (Å²) in [6, 6.07) is 14.4. The number of carbonyl (C=O) groups is 1. The van der Waals surface area contributed by atoms with Crippen LogP contribution in [0.15, 0.2) is 42.5 Å². The fraction of sp³-hybridized carbons (Fsp3) is 0.364. The number of aromatic nitrogens is 4. The van der Waals surface area contributed by atoms with E-state index in [4.69, 9.17) is 0 Å². The Balaban J connectivity index is 1.44. The molecule has 3 aromatic rings. The van der Waals surface area contributed by atoms with Gasteiger partial charge in [-0.1, -0.05) is 36.4 Å². The van der Waals surface area contributed by atoms with E-state index in [1.807, 2.05) is 49.2 Å². The minimum absolute atomic E-state index is 0.0435. The predicted octanol–water partition coefficient (Wildman–Crippen LogP) is 2.41. The third kappa shape index (κ3) is 3.16. The molecular formula is C22H24N6O. The first-order valence-corrected chi connectivity index (χ1v) is 10.0. The summed E-state index contributed by atoms with van der Waals surface area (Å²) in [6.45, 7) is 4.00. The Labute approximate surface area is 170 Å². The molecule has 148 valence electrons. The van der Waals surface area contributed by atoms with Crippen LogP contribution in [-0.2, 0) is 19.4 Å². The zero-order valence-electron chi connectivity index (χ0n) is 16.7. The second-order valence-corrected chi connectivity index (χ2v) is 7.91. The molecule has 2 aliphatic heterocycles. The number of anilines is 1. The number of rotatable bonds is 3. The number of benzene rings is 1. The van der Waals surface area contributed by atoms with Crippen molar-refractivity contribution in [1.82, 2.24) is 24.6 Å². The molecule has 0 aliphatic carbocycles. The highest BCUT2D eigenvalue weighted by atomic mass is 16.2. The van der Waals surface area contributed by atoms with Crippen molar-refractivity contribution in [1.29, 1.82) is 0 Å². The summed E-state index contributed by atoms with van der Waals surface area (Å²) < 4.78 is 2.18. The van der Waals surface area contributed by atoms with Gasteiger partial charge in [-0.25, -0.2) is 4.98 Å². The molecule has 0 saturated carbocycles. The Morgan fingerprint density at radius 1 is 1.14 bits per heavy atom. The Hall–Kier alpha value is -3.22. The van der Waals surface area contributed by atoms with Crippen molar-refractivity contribution in [3.05, 3.63) is 70.9 Å². The molecule has 0 saturated heterocycles. The van der Waals surface area contributed by atoms with Crippen LogP contribution in [0.4, 0.5) is 5.82 Å². The van der Waals surface area contributed by atoms with E-state index in [9.17, 15) is 4.79 Å². The number of carbonyl (C=O) groups excluding carboxylic acids is 1. The molecule has 0 unspecified atom stereocenters. The van der Waals surface area contributed by atoms with Gasteiger partial charge in [-0.3, -0.25) is 4.79 Å². The summed E-state index contributed by atoms with van der Waals surface area (Å²) in [5, 5.41) is 8.60. The maximum Gasteiger partial charge on any atom is 0.273 e. The van der Waals surface area contributed by atoms with Gasteiger partial charge < -0.3 is 14.4 Å². The van der Waals surface area contributed by atoms with Gasteiger partial charge in [-0.2, -0.15) is 0 Å². The zero-order valence-corrected chi connectivity index (χ0v) is 16.7. The van der Waals surface area contributed by atoms with Gasteiger partial charge in [0.05, 0.1) is 12.6 Å². The molecule has 7 heteroatoms. The van der Waals surface area contributed by atoms with Crippen LogP contribution in [0.25, 0.3) is 0 Å². The number of pyridine rings is 1. The minimum atomic E-state index is -0.0435. The number of hydrogen-bond acceptors (Lipinski definition) is 5. The van der Waals surface area contributed by atoms with Crippen molar-refractivity contribution in [3.63, 3.8) is 0 Å². The summed E-state index contributed by atoms with van der Waals surface area (Å²) in [5.74, 6) is 2.61. The van der Waals surface area contributed by atoms with Gasteiger partial charge in [-0.15, -0.1) is 10.2 Å². The highest BCUT2D eigenvalue weighted by molar-refractivity contribution is 5.93. The van der Waals surface area contributed by atoms with Gasteiger partial charge in [0.1, 0.15) is 17.3 Å². The molecule has 2 aromatic heterocycles. The number of nitrogens with zero attached hydrogens (tertiary/aromatic N) is 6. The van der Waals surface area contributed by atoms with Gasteiger partial charge in [0.15, 0.2) is 5.82 Å². The molecule has 1 amide bonds. The van der Waals surface area contributed by atoms with E-state index in [0.29, 0.717) is 18.8 Å². The van der Waals surface area contributed by atoms with Gasteiger partial charge in [0.2, 0.25) is 0 Å². The number of fused-ring (bicyclic) bond motifs is 2. The average molecular weight is 388 g/mol. The first-order chi connectivity index (χ1) is 14.1. The van der Waals surface area contributed by atoms with Gasteiger partial charge in [0, 0.05) is 20.1 Å². The second-order valence-electron chi connectivity index (χ2n) is 7.91. The lowest BCUT2D eigenvalue weighted by Gasteiger charge is -2.34. The Kier molecular flexibility index (Phi) is 4.30. The summed E-state index contributed by atoms with van der Waals surface area (Å²) in [6.07, 6.45) is 1.81. The van der Waals surface area contributed by atoms with Crippen LogP contribution in [-0.4, -0.2) is 50.7 Å². The van der Waals surface area contributed by atoms with Crippen LogP contribution < -0.4 is 4.90 Å². The standard InChI is InChI=1S/C22H24N6O/c1-15-24-25-20-14-27(13-18(28(15)20)12-16-6-4-3-5-7-16)22(29)19-9-8-17-10-11-26(2)21(17)23-19/h3-9,18H,10-14H2,1-2H3/t18-/m1/s1. The van der Waals surface area contributed by atoms with Crippen LogP contribution >= 0.6 is 0 Å². The molecule has 0 bridgehead atoms. The Morgan fingerprint density at radius 3 is 2.79 bits per heavy atom. The number of aryl methyl sites for hydroxylation is 1. The molecule has 0 spiro atoms. The smallest absolute Gasteiger partial charge is 0.273 e. The van der Waals surface area contributed by atoms with Crippen LogP contribution in [0.2, 0.25) is 0 Å². The van der Waals surface area contributed by atoms with Gasteiger partial charge in [-0.05, 0) is 37.0 Å². The molecule has 0 N–H and O–H groups in total. The first kappa shape index (κ1) is 17.8. The van der Waals surface area contributed by atoms with Crippen LogP contribution in [0.1, 0.15) is 39.3 Å². The quantitative estimate of drug-likeness (QED) is 0.689. The van der Waals surface area contributed by atoms with Crippen molar-refractivity contribution in [3.8, 4) is 0 Å². The molecule has 1 atom stereocenters.